The number of hydrogen-bond donors (Lipinski definition) is 2. The molecule has 0 aliphatic carbocycles. The zero-order valence-corrected chi connectivity index (χ0v) is 11.6. The van der Waals surface area contributed by atoms with Crippen LogP contribution in [0, 0.1) is 6.92 Å². The molecular weight excluding hydrogens is 280 g/mol. The van der Waals surface area contributed by atoms with Gasteiger partial charge in [0.2, 0.25) is 0 Å². The van der Waals surface area contributed by atoms with Crippen molar-refractivity contribution in [3.05, 3.63) is 46.5 Å². The number of fused-ring (bicyclic) bond motifs is 6. The van der Waals surface area contributed by atoms with Crippen LogP contribution in [0.2, 0.25) is 0 Å². The van der Waals surface area contributed by atoms with E-state index < -0.39 is 0 Å². The van der Waals surface area contributed by atoms with Gasteiger partial charge in [-0.3, -0.25) is 4.79 Å². The molecule has 0 saturated heterocycles. The predicted molar refractivity (Wildman–Crippen MR) is 83.0 cm³/mol. The lowest BCUT2D eigenvalue weighted by Crippen LogP contribution is -2.09. The first-order valence-electron chi connectivity index (χ1n) is 6.87. The number of hydrogen-bond acceptors (Lipinski definition) is 4. The molecule has 0 spiro atoms. The average molecular weight is 290 g/mol. The summed E-state index contributed by atoms with van der Waals surface area (Å²) in [6, 6.07) is 9.81. The van der Waals surface area contributed by atoms with E-state index in [9.17, 15) is 4.79 Å². The smallest absolute Gasteiger partial charge is 0.277 e. The molecular formula is C15H10N6O. The number of nitrogens with one attached hydrogen (secondary N) is 2. The molecule has 0 saturated carbocycles. The molecule has 0 fully saturated rings. The second-order valence-electron chi connectivity index (χ2n) is 5.29. The predicted octanol–water partition coefficient (Wildman–Crippen LogP) is 1.91. The van der Waals surface area contributed by atoms with Crippen molar-refractivity contribution in [1.29, 1.82) is 0 Å². The third-order valence-electron chi connectivity index (χ3n) is 3.83. The number of aryl methyl sites for hydroxylation is 1. The van der Waals surface area contributed by atoms with Crippen molar-refractivity contribution in [3.8, 4) is 0 Å². The summed E-state index contributed by atoms with van der Waals surface area (Å²) >= 11 is 0. The van der Waals surface area contributed by atoms with Gasteiger partial charge in [-0.05, 0) is 19.1 Å². The van der Waals surface area contributed by atoms with Gasteiger partial charge in [0, 0.05) is 5.39 Å². The highest BCUT2D eigenvalue weighted by molar-refractivity contribution is 5.99. The van der Waals surface area contributed by atoms with E-state index in [0.717, 1.165) is 16.3 Å². The van der Waals surface area contributed by atoms with E-state index in [1.54, 1.807) is 11.4 Å². The van der Waals surface area contributed by atoms with Gasteiger partial charge in [-0.15, -0.1) is 5.10 Å². The van der Waals surface area contributed by atoms with E-state index in [4.69, 9.17) is 0 Å². The Bertz CT molecular complexity index is 1260. The van der Waals surface area contributed by atoms with Crippen LogP contribution >= 0.6 is 0 Å². The molecule has 0 radical (unpaired) electrons. The Kier molecular flexibility index (Phi) is 1.92. The molecule has 0 amide bonds. The zero-order valence-electron chi connectivity index (χ0n) is 11.6. The third-order valence-corrected chi connectivity index (χ3v) is 3.83. The highest BCUT2D eigenvalue weighted by Gasteiger charge is 2.15. The number of imidazole rings is 1. The van der Waals surface area contributed by atoms with Crippen LogP contribution in [0.1, 0.15) is 5.82 Å². The van der Waals surface area contributed by atoms with Crippen molar-refractivity contribution in [2.75, 3.05) is 0 Å². The minimum Gasteiger partial charge on any atom is -0.336 e. The van der Waals surface area contributed by atoms with Crippen LogP contribution in [0.5, 0.6) is 0 Å². The van der Waals surface area contributed by atoms with Crippen molar-refractivity contribution < 1.29 is 0 Å². The molecule has 4 aromatic heterocycles. The Labute approximate surface area is 122 Å². The fourth-order valence-corrected chi connectivity index (χ4v) is 2.85. The normalized spacial score (nSPS) is 12.0. The first kappa shape index (κ1) is 11.4. The number of benzene rings is 1. The van der Waals surface area contributed by atoms with Gasteiger partial charge in [-0.2, -0.15) is 4.52 Å². The Morgan fingerprint density at radius 1 is 1.14 bits per heavy atom. The fraction of sp³-hybridized carbons (Fsp3) is 0.0667. The molecule has 7 heteroatoms. The van der Waals surface area contributed by atoms with Crippen molar-refractivity contribution in [1.82, 2.24) is 29.5 Å². The summed E-state index contributed by atoms with van der Waals surface area (Å²) in [5, 5.41) is 6.31. The van der Waals surface area contributed by atoms with Crippen molar-refractivity contribution >= 4 is 38.7 Å². The number of para-hydroxylation sites is 1. The molecule has 0 bridgehead atoms. The second kappa shape index (κ2) is 3.70. The fourth-order valence-electron chi connectivity index (χ4n) is 2.85. The summed E-state index contributed by atoms with van der Waals surface area (Å²) in [6.45, 7) is 1.81. The summed E-state index contributed by atoms with van der Waals surface area (Å²) < 4.78 is 1.64. The lowest BCUT2D eigenvalue weighted by Gasteiger charge is -1.96. The molecule has 0 aliphatic rings. The standard InChI is InChI=1S/C15H10N6O/c1-7-16-11-14(17-7)21-13(19-15(11)22)9-6-8-4-2-3-5-10(8)18-12(9)20-21/h2-6H,1H3,(H,16,17)(H,19,22). The number of aromatic amines is 2. The Hall–Kier alpha value is -3.22. The summed E-state index contributed by atoms with van der Waals surface area (Å²) in [7, 11) is 0. The monoisotopic (exact) mass is 290 g/mol. The van der Waals surface area contributed by atoms with Crippen LogP contribution in [0.4, 0.5) is 0 Å². The summed E-state index contributed by atoms with van der Waals surface area (Å²) in [6.07, 6.45) is 0. The first-order chi connectivity index (χ1) is 10.7. The minimum atomic E-state index is -0.210. The van der Waals surface area contributed by atoms with Crippen LogP contribution in [-0.4, -0.2) is 29.5 Å². The summed E-state index contributed by atoms with van der Waals surface area (Å²) in [5.74, 6) is 0.672. The van der Waals surface area contributed by atoms with E-state index in [1.807, 2.05) is 30.3 Å². The van der Waals surface area contributed by atoms with Gasteiger partial charge in [0.1, 0.15) is 11.5 Å². The highest BCUT2D eigenvalue weighted by Crippen LogP contribution is 2.22. The van der Waals surface area contributed by atoms with Crippen LogP contribution in [-0.2, 0) is 0 Å². The van der Waals surface area contributed by atoms with Crippen molar-refractivity contribution in [3.63, 3.8) is 0 Å². The van der Waals surface area contributed by atoms with E-state index in [-0.39, 0.29) is 5.56 Å². The molecule has 7 nitrogen and oxygen atoms in total. The van der Waals surface area contributed by atoms with E-state index >= 15 is 0 Å². The van der Waals surface area contributed by atoms with Gasteiger partial charge in [0.05, 0.1) is 10.9 Å². The molecule has 0 atom stereocenters. The number of H-pyrrole nitrogens is 2. The van der Waals surface area contributed by atoms with Gasteiger partial charge >= 0.3 is 0 Å². The number of rotatable bonds is 0. The number of aromatic nitrogens is 6. The van der Waals surface area contributed by atoms with Gasteiger partial charge in [-0.1, -0.05) is 18.2 Å². The second-order valence-corrected chi connectivity index (χ2v) is 5.29. The van der Waals surface area contributed by atoms with Gasteiger partial charge in [0.25, 0.3) is 5.56 Å². The maximum atomic E-state index is 12.2. The van der Waals surface area contributed by atoms with Crippen LogP contribution in [0.25, 0.3) is 38.7 Å². The number of pyridine rings is 1. The third kappa shape index (κ3) is 1.34. The molecule has 5 rings (SSSR count). The van der Waals surface area contributed by atoms with E-state index in [1.165, 1.54) is 0 Å². The van der Waals surface area contributed by atoms with Crippen LogP contribution in [0.3, 0.4) is 0 Å². The molecule has 106 valence electrons. The molecule has 0 unspecified atom stereocenters. The van der Waals surface area contributed by atoms with Gasteiger partial charge in [-0.25, -0.2) is 9.97 Å². The van der Waals surface area contributed by atoms with Gasteiger partial charge < -0.3 is 9.97 Å². The van der Waals surface area contributed by atoms with Crippen LogP contribution in [0.15, 0.2) is 35.1 Å². The lowest BCUT2D eigenvalue weighted by molar-refractivity contribution is 0.970. The number of nitrogens with zero attached hydrogens (tertiary/aromatic N) is 4. The molecule has 1 aromatic carbocycles. The largest absolute Gasteiger partial charge is 0.336 e. The molecule has 4 heterocycles. The first-order valence-corrected chi connectivity index (χ1v) is 6.87. The zero-order chi connectivity index (χ0) is 14.8. The quantitative estimate of drug-likeness (QED) is 0.455. The van der Waals surface area contributed by atoms with E-state index in [2.05, 4.69) is 25.0 Å². The minimum absolute atomic E-state index is 0.210. The maximum absolute atomic E-state index is 12.2. The lowest BCUT2D eigenvalue weighted by atomic mass is 10.2. The molecule has 0 aliphatic heterocycles. The molecule has 5 aromatic rings. The maximum Gasteiger partial charge on any atom is 0.277 e. The molecule has 2 N–H and O–H groups in total. The molecule has 22 heavy (non-hydrogen) atoms. The van der Waals surface area contributed by atoms with Crippen molar-refractivity contribution in [2.24, 2.45) is 0 Å². The summed E-state index contributed by atoms with van der Waals surface area (Å²) in [4.78, 5) is 27.0. The van der Waals surface area contributed by atoms with E-state index in [0.29, 0.717) is 28.3 Å². The SMILES string of the molecule is Cc1nc2c([nH]1)c(=O)[nH]c1c3cc4ccccc4nc3nn21. The Balaban J connectivity index is 2.08. The Morgan fingerprint density at radius 3 is 2.91 bits per heavy atom. The Morgan fingerprint density at radius 2 is 2.00 bits per heavy atom. The van der Waals surface area contributed by atoms with Gasteiger partial charge in [0.15, 0.2) is 16.8 Å². The summed E-state index contributed by atoms with van der Waals surface area (Å²) in [5.41, 5.74) is 2.79. The van der Waals surface area contributed by atoms with Crippen molar-refractivity contribution in [2.45, 2.75) is 6.92 Å². The highest BCUT2D eigenvalue weighted by atomic mass is 16.1. The topological polar surface area (TPSA) is 91.7 Å². The van der Waals surface area contributed by atoms with Crippen LogP contribution < -0.4 is 5.56 Å². The average Bonchev–Trinajstić information content (AvgIpc) is 3.06.